The van der Waals surface area contributed by atoms with E-state index in [-0.39, 0.29) is 11.9 Å². The molecule has 1 aromatic rings. The summed E-state index contributed by atoms with van der Waals surface area (Å²) < 4.78 is 5.23. The number of hydrogen-bond acceptors (Lipinski definition) is 4. The molecule has 1 aliphatic heterocycles. The summed E-state index contributed by atoms with van der Waals surface area (Å²) in [5, 5.41) is 19.8. The van der Waals surface area contributed by atoms with Crippen molar-refractivity contribution in [3.05, 3.63) is 35.9 Å². The van der Waals surface area contributed by atoms with E-state index in [1.165, 1.54) is 0 Å². The summed E-state index contributed by atoms with van der Waals surface area (Å²) in [5.74, 6) is 0.687. The van der Waals surface area contributed by atoms with E-state index < -0.39 is 0 Å². The molecule has 1 unspecified atom stereocenters. The normalized spacial score (nSPS) is 19.8. The Bertz CT molecular complexity index is 473. The topological polar surface area (TPSA) is 52.9 Å². The quantitative estimate of drug-likeness (QED) is 0.809. The molecule has 1 heterocycles. The zero-order chi connectivity index (χ0) is 14.5. The van der Waals surface area contributed by atoms with Crippen LogP contribution in [0.2, 0.25) is 0 Å². The molecular formula is C16H23NO3. The van der Waals surface area contributed by atoms with Crippen LogP contribution in [-0.2, 0) is 13.0 Å². The van der Waals surface area contributed by atoms with Crippen LogP contribution in [0.25, 0.3) is 0 Å². The Morgan fingerprint density at radius 3 is 2.95 bits per heavy atom. The Hall–Kier alpha value is -1.52. The molecule has 1 aromatic carbocycles. The van der Waals surface area contributed by atoms with Crippen molar-refractivity contribution in [2.24, 2.45) is 0 Å². The number of aromatic hydroxyl groups is 1. The van der Waals surface area contributed by atoms with Crippen LogP contribution >= 0.6 is 0 Å². The van der Waals surface area contributed by atoms with Crippen LogP contribution in [0.15, 0.2) is 24.8 Å². The van der Waals surface area contributed by atoms with Crippen LogP contribution in [0, 0.1) is 0 Å². The number of methoxy groups -OCH3 is 1. The lowest BCUT2D eigenvalue weighted by atomic mass is 10.0. The number of ether oxygens (including phenoxy) is 1. The van der Waals surface area contributed by atoms with E-state index in [4.69, 9.17) is 4.74 Å². The summed E-state index contributed by atoms with van der Waals surface area (Å²) in [5.41, 5.74) is 1.91. The third kappa shape index (κ3) is 3.52. The highest BCUT2D eigenvalue weighted by atomic mass is 16.5. The summed E-state index contributed by atoms with van der Waals surface area (Å²) >= 11 is 0. The van der Waals surface area contributed by atoms with Gasteiger partial charge < -0.3 is 14.9 Å². The van der Waals surface area contributed by atoms with Crippen molar-refractivity contribution in [3.63, 3.8) is 0 Å². The molecule has 0 spiro atoms. The lowest BCUT2D eigenvalue weighted by Gasteiger charge is -2.30. The second-order valence-electron chi connectivity index (χ2n) is 5.33. The summed E-state index contributed by atoms with van der Waals surface area (Å²) in [6.45, 7) is 6.18. The standard InChI is InChI=1S/C16H23NO3/c1-3-5-13-8-12(9-15(20-2)16(13)19)10-17-7-4-6-14(18)11-17/h3,8-9,14,18-19H,1,4-7,10-11H2,2H3. The fourth-order valence-electron chi connectivity index (χ4n) is 2.72. The van der Waals surface area contributed by atoms with Gasteiger partial charge in [-0.05, 0) is 37.4 Å². The Labute approximate surface area is 120 Å². The number of benzene rings is 1. The summed E-state index contributed by atoms with van der Waals surface area (Å²) in [4.78, 5) is 2.23. The van der Waals surface area contributed by atoms with Gasteiger partial charge in [0.25, 0.3) is 0 Å². The van der Waals surface area contributed by atoms with Gasteiger partial charge in [0.1, 0.15) is 0 Å². The number of hydrogen-bond donors (Lipinski definition) is 2. The second kappa shape index (κ2) is 6.77. The molecule has 20 heavy (non-hydrogen) atoms. The lowest BCUT2D eigenvalue weighted by molar-refractivity contribution is 0.0668. The number of phenols is 1. The van der Waals surface area contributed by atoms with E-state index >= 15 is 0 Å². The van der Waals surface area contributed by atoms with Gasteiger partial charge in [-0.3, -0.25) is 4.90 Å². The number of phenolic OH excluding ortho intramolecular Hbond substituents is 1. The fourth-order valence-corrected chi connectivity index (χ4v) is 2.72. The number of allylic oxidation sites excluding steroid dienone is 1. The van der Waals surface area contributed by atoms with E-state index in [2.05, 4.69) is 11.5 Å². The van der Waals surface area contributed by atoms with Gasteiger partial charge in [0.15, 0.2) is 11.5 Å². The molecular weight excluding hydrogens is 254 g/mol. The summed E-state index contributed by atoms with van der Waals surface area (Å²) in [6, 6.07) is 3.85. The molecule has 1 atom stereocenters. The van der Waals surface area contributed by atoms with Gasteiger partial charge in [-0.15, -0.1) is 6.58 Å². The van der Waals surface area contributed by atoms with Crippen molar-refractivity contribution < 1.29 is 14.9 Å². The van der Waals surface area contributed by atoms with Crippen molar-refractivity contribution in [2.45, 2.75) is 31.9 Å². The molecule has 0 aromatic heterocycles. The van der Waals surface area contributed by atoms with Crippen LogP contribution in [0.1, 0.15) is 24.0 Å². The van der Waals surface area contributed by atoms with Gasteiger partial charge in [-0.1, -0.05) is 12.1 Å². The van der Waals surface area contributed by atoms with Crippen LogP contribution in [0.5, 0.6) is 11.5 Å². The molecule has 1 aliphatic rings. The van der Waals surface area contributed by atoms with Crippen molar-refractivity contribution in [3.8, 4) is 11.5 Å². The molecule has 0 saturated carbocycles. The first kappa shape index (κ1) is 14.9. The Morgan fingerprint density at radius 2 is 2.30 bits per heavy atom. The molecule has 4 nitrogen and oxygen atoms in total. The van der Waals surface area contributed by atoms with Gasteiger partial charge >= 0.3 is 0 Å². The van der Waals surface area contributed by atoms with Crippen molar-refractivity contribution >= 4 is 0 Å². The van der Waals surface area contributed by atoms with Gasteiger partial charge in [0.2, 0.25) is 0 Å². The smallest absolute Gasteiger partial charge is 0.161 e. The molecule has 110 valence electrons. The molecule has 1 saturated heterocycles. The second-order valence-corrected chi connectivity index (χ2v) is 5.33. The van der Waals surface area contributed by atoms with E-state index in [1.807, 2.05) is 12.1 Å². The third-order valence-electron chi connectivity index (χ3n) is 3.68. The zero-order valence-electron chi connectivity index (χ0n) is 12.0. The largest absolute Gasteiger partial charge is 0.504 e. The van der Waals surface area contributed by atoms with Gasteiger partial charge in [-0.2, -0.15) is 0 Å². The molecule has 0 amide bonds. The maximum Gasteiger partial charge on any atom is 0.161 e. The number of rotatable bonds is 5. The first-order chi connectivity index (χ1) is 9.63. The predicted octanol–water partition coefficient (Wildman–Crippen LogP) is 2.09. The van der Waals surface area contributed by atoms with E-state index in [0.717, 1.165) is 37.1 Å². The number of aliphatic hydroxyl groups excluding tert-OH is 1. The number of nitrogens with zero attached hydrogens (tertiary/aromatic N) is 1. The van der Waals surface area contributed by atoms with Crippen LogP contribution in [0.3, 0.4) is 0 Å². The number of likely N-dealkylation sites (tertiary alicyclic amines) is 1. The maximum absolute atomic E-state index is 10.1. The molecule has 1 fully saturated rings. The Morgan fingerprint density at radius 1 is 1.50 bits per heavy atom. The molecule has 2 N–H and O–H groups in total. The average molecular weight is 277 g/mol. The van der Waals surface area contributed by atoms with Crippen molar-refractivity contribution in [2.75, 3.05) is 20.2 Å². The molecule has 0 bridgehead atoms. The summed E-state index contributed by atoms with van der Waals surface area (Å²) in [6.07, 6.45) is 4.06. The Balaban J connectivity index is 2.18. The van der Waals surface area contributed by atoms with Crippen molar-refractivity contribution in [1.29, 1.82) is 0 Å². The van der Waals surface area contributed by atoms with E-state index in [0.29, 0.717) is 18.7 Å². The van der Waals surface area contributed by atoms with Crippen molar-refractivity contribution in [1.82, 2.24) is 4.90 Å². The van der Waals surface area contributed by atoms with Crippen LogP contribution in [0.4, 0.5) is 0 Å². The minimum atomic E-state index is -0.226. The Kier molecular flexibility index (Phi) is 5.04. The first-order valence-corrected chi connectivity index (χ1v) is 7.04. The highest BCUT2D eigenvalue weighted by molar-refractivity contribution is 5.49. The monoisotopic (exact) mass is 277 g/mol. The van der Waals surface area contributed by atoms with E-state index in [1.54, 1.807) is 13.2 Å². The minimum Gasteiger partial charge on any atom is -0.504 e. The zero-order valence-corrected chi connectivity index (χ0v) is 12.0. The first-order valence-electron chi connectivity index (χ1n) is 7.04. The van der Waals surface area contributed by atoms with Gasteiger partial charge in [-0.25, -0.2) is 0 Å². The fraction of sp³-hybridized carbons (Fsp3) is 0.500. The SMILES string of the molecule is C=CCc1cc(CN2CCCC(O)C2)cc(OC)c1O. The number of aliphatic hydroxyl groups is 1. The minimum absolute atomic E-state index is 0.190. The number of β-amino-alcohol motifs (C(OH)–C–C–N with tert-alkyl or cyclic N) is 1. The predicted molar refractivity (Wildman–Crippen MR) is 79.1 cm³/mol. The average Bonchev–Trinajstić information content (AvgIpc) is 2.42. The molecule has 2 rings (SSSR count). The highest BCUT2D eigenvalue weighted by Crippen LogP contribution is 2.32. The highest BCUT2D eigenvalue weighted by Gasteiger charge is 2.18. The lowest BCUT2D eigenvalue weighted by Crippen LogP contribution is -2.37. The van der Waals surface area contributed by atoms with E-state index in [9.17, 15) is 10.2 Å². The van der Waals surface area contributed by atoms with Crippen LogP contribution in [-0.4, -0.2) is 41.4 Å². The van der Waals surface area contributed by atoms with Gasteiger partial charge in [0, 0.05) is 18.7 Å². The maximum atomic E-state index is 10.1. The molecule has 0 aliphatic carbocycles. The third-order valence-corrected chi connectivity index (χ3v) is 3.68. The molecule has 0 radical (unpaired) electrons. The van der Waals surface area contributed by atoms with Gasteiger partial charge in [0.05, 0.1) is 13.2 Å². The number of piperidine rings is 1. The summed E-state index contributed by atoms with van der Waals surface area (Å²) in [7, 11) is 1.56. The van der Waals surface area contributed by atoms with Crippen LogP contribution < -0.4 is 4.74 Å². The molecule has 4 heteroatoms.